The van der Waals surface area contributed by atoms with Gasteiger partial charge in [0.05, 0.1) is 12.0 Å². The third kappa shape index (κ3) is 2.39. The Kier molecular flexibility index (Phi) is 3.35. The highest BCUT2D eigenvalue weighted by atomic mass is 19.1. The van der Waals surface area contributed by atoms with E-state index in [1.54, 1.807) is 0 Å². The average molecular weight is 200 g/mol. The smallest absolute Gasteiger partial charge is 0.125 e. The van der Waals surface area contributed by atoms with Crippen LogP contribution in [0.1, 0.15) is 0 Å². The second-order valence-corrected chi connectivity index (χ2v) is 2.30. The first-order chi connectivity index (χ1) is 6.65. The molecule has 7 heteroatoms. The maximum Gasteiger partial charge on any atom is 0.125 e. The van der Waals surface area contributed by atoms with E-state index in [-0.39, 0.29) is 16.6 Å². The van der Waals surface area contributed by atoms with Crippen molar-refractivity contribution in [3.05, 3.63) is 29.2 Å². The van der Waals surface area contributed by atoms with E-state index in [1.807, 2.05) is 0 Å². The van der Waals surface area contributed by atoms with E-state index in [9.17, 15) is 9.60 Å². The van der Waals surface area contributed by atoms with Gasteiger partial charge in [-0.15, -0.1) is 5.23 Å². The van der Waals surface area contributed by atoms with Gasteiger partial charge >= 0.3 is 0 Å². The lowest BCUT2D eigenvalue weighted by molar-refractivity contribution is 0.0293. The van der Waals surface area contributed by atoms with E-state index < -0.39 is 5.82 Å². The van der Waals surface area contributed by atoms with Crippen molar-refractivity contribution in [2.24, 2.45) is 4.99 Å². The van der Waals surface area contributed by atoms with Crippen LogP contribution in [0.4, 0.5) is 15.8 Å². The van der Waals surface area contributed by atoms with Crippen LogP contribution in [0.3, 0.4) is 0 Å². The average Bonchev–Trinajstić information content (AvgIpc) is 2.15. The number of aliphatic imine (C=N–C) groups is 1. The molecule has 0 aliphatic carbocycles. The van der Waals surface area contributed by atoms with E-state index in [0.29, 0.717) is 0 Å². The molecule has 0 radical (unpaired) electrons. The van der Waals surface area contributed by atoms with Crippen molar-refractivity contribution in [3.63, 3.8) is 0 Å². The maximum atomic E-state index is 12.7. The summed E-state index contributed by atoms with van der Waals surface area (Å²) < 4.78 is 12.7. The molecule has 0 amide bonds. The minimum absolute atomic E-state index is 0.0414. The van der Waals surface area contributed by atoms with Gasteiger partial charge in [0, 0.05) is 6.07 Å². The fourth-order valence-electron chi connectivity index (χ4n) is 0.862. The molecular weight excluding hydrogens is 193 g/mol. The third-order valence-corrected chi connectivity index (χ3v) is 1.41. The Bertz CT molecular complexity index is 343. The monoisotopic (exact) mass is 200 g/mol. The van der Waals surface area contributed by atoms with E-state index in [0.717, 1.165) is 18.5 Å². The lowest BCUT2D eigenvalue weighted by atomic mass is 10.2. The molecule has 1 aromatic carbocycles. The first-order valence-electron chi connectivity index (χ1n) is 3.53. The quantitative estimate of drug-likeness (QED) is 0.387. The van der Waals surface area contributed by atoms with Crippen molar-refractivity contribution >= 4 is 17.7 Å². The van der Waals surface area contributed by atoms with Gasteiger partial charge in [0.25, 0.3) is 0 Å². The fourth-order valence-corrected chi connectivity index (χ4v) is 0.862. The summed E-state index contributed by atoms with van der Waals surface area (Å²) >= 11 is 0. The molecule has 0 atom stereocenters. The van der Waals surface area contributed by atoms with E-state index in [1.165, 1.54) is 11.5 Å². The molecule has 0 bridgehead atoms. The lowest BCUT2D eigenvalue weighted by Gasteiger charge is -2.10. The highest BCUT2D eigenvalue weighted by Crippen LogP contribution is 2.27. The Morgan fingerprint density at radius 2 is 2.21 bits per heavy atom. The highest BCUT2D eigenvalue weighted by molar-refractivity contribution is 5.71. The molecule has 0 saturated carbocycles. The molecule has 14 heavy (non-hydrogen) atoms. The van der Waals surface area contributed by atoms with Gasteiger partial charge in [-0.3, -0.25) is 10.4 Å². The molecule has 1 aromatic rings. The minimum atomic E-state index is -0.651. The summed E-state index contributed by atoms with van der Waals surface area (Å²) in [5.74, 6) is -0.651. The van der Waals surface area contributed by atoms with Gasteiger partial charge in [-0.1, -0.05) is 0 Å². The normalized spacial score (nSPS) is 10.6. The molecule has 0 fully saturated rings. The molecule has 3 N–H and O–H groups in total. The summed E-state index contributed by atoms with van der Waals surface area (Å²) in [6.07, 6.45) is 0.792. The second kappa shape index (κ2) is 4.51. The van der Waals surface area contributed by atoms with Crippen LogP contribution in [0.15, 0.2) is 23.2 Å². The number of rotatable bonds is 3. The van der Waals surface area contributed by atoms with Crippen LogP contribution in [-0.2, 0) is 0 Å². The summed E-state index contributed by atoms with van der Waals surface area (Å²) in [4.78, 5) is 3.51. The lowest BCUT2D eigenvalue weighted by Crippen LogP contribution is -2.11. The van der Waals surface area contributed by atoms with Crippen molar-refractivity contribution in [1.82, 2.24) is 5.48 Å². The van der Waals surface area contributed by atoms with Crippen LogP contribution in [0.5, 0.6) is 0 Å². The molecule has 0 saturated heterocycles. The predicted molar refractivity (Wildman–Crippen MR) is 47.1 cm³/mol. The Balaban J connectivity index is 3.08. The number of hydroxylamine groups is 1. The molecule has 0 aromatic heterocycles. The molecule has 1 rings (SSSR count). The van der Waals surface area contributed by atoms with Gasteiger partial charge in [-0.25, -0.2) is 9.38 Å². The molecule has 0 aliphatic heterocycles. The topological polar surface area (TPSA) is 91.2 Å². The van der Waals surface area contributed by atoms with E-state index >= 15 is 0 Å². The number of halogens is 1. The molecule has 0 spiro atoms. The zero-order chi connectivity index (χ0) is 10.6. The van der Waals surface area contributed by atoms with Crippen LogP contribution in [-0.4, -0.2) is 16.8 Å². The molecule has 0 heterocycles. The Morgan fingerprint density at radius 1 is 1.50 bits per heavy atom. The van der Waals surface area contributed by atoms with Gasteiger partial charge < -0.3 is 10.7 Å². The van der Waals surface area contributed by atoms with Crippen LogP contribution >= 0.6 is 0 Å². The van der Waals surface area contributed by atoms with Crippen LogP contribution in [0, 0.1) is 11.0 Å². The summed E-state index contributed by atoms with van der Waals surface area (Å²) in [6.45, 7) is 0. The van der Waals surface area contributed by atoms with Gasteiger partial charge in [-0.05, 0) is 12.1 Å². The molecule has 76 valence electrons. The van der Waals surface area contributed by atoms with Gasteiger partial charge in [0.1, 0.15) is 11.5 Å². The Morgan fingerprint density at radius 3 is 2.79 bits per heavy atom. The number of anilines is 1. The van der Waals surface area contributed by atoms with Crippen LogP contribution in [0.25, 0.3) is 0 Å². The highest BCUT2D eigenvalue weighted by Gasteiger charge is 2.07. The summed E-state index contributed by atoms with van der Waals surface area (Å²) in [5, 5.41) is 26.9. The number of benzene rings is 1. The number of nitrogens with one attached hydrogen (secondary N) is 1. The Labute approximate surface area is 78.4 Å². The zero-order valence-electron chi connectivity index (χ0n) is 6.88. The largest absolute Gasteiger partial charge is 0.760 e. The predicted octanol–water partition coefficient (Wildman–Crippen LogP) is 1.16. The van der Waals surface area contributed by atoms with Crippen molar-refractivity contribution in [2.45, 2.75) is 0 Å². The number of nitrogens with zero attached hydrogens (tertiary/aromatic N) is 2. The van der Waals surface area contributed by atoms with Crippen LogP contribution in [0.2, 0.25) is 0 Å². The molecule has 0 aliphatic rings. The fraction of sp³-hybridized carbons (Fsp3) is 0. The number of hydrogen-bond acceptors (Lipinski definition) is 5. The summed E-state index contributed by atoms with van der Waals surface area (Å²) in [5.41, 5.74) is 1.15. The molecule has 6 nitrogen and oxygen atoms in total. The van der Waals surface area contributed by atoms with Crippen molar-refractivity contribution < 1.29 is 14.8 Å². The molecular formula is C7H7FN3O3-. The van der Waals surface area contributed by atoms with Gasteiger partial charge in [-0.2, -0.15) is 0 Å². The number of hydrogen-bond donors (Lipinski definition) is 3. The minimum Gasteiger partial charge on any atom is -0.760 e. The van der Waals surface area contributed by atoms with Crippen molar-refractivity contribution in [2.75, 3.05) is 5.23 Å². The summed E-state index contributed by atoms with van der Waals surface area (Å²) in [6, 6.07) is 3.12. The Hall–Kier alpha value is -1.70. The van der Waals surface area contributed by atoms with Gasteiger partial charge in [0.15, 0.2) is 0 Å². The molecule has 0 unspecified atom stereocenters. The van der Waals surface area contributed by atoms with Crippen molar-refractivity contribution in [1.29, 1.82) is 0 Å². The standard InChI is InChI=1S/C7H7FN3O3/c8-5-1-2-6(9-4-10-12)7(3-5)11(13)14/h1-4,13-14H,(H-,9,10,12)/q-1. The van der Waals surface area contributed by atoms with E-state index in [2.05, 4.69) is 4.99 Å². The van der Waals surface area contributed by atoms with Crippen LogP contribution < -0.4 is 10.7 Å². The SMILES string of the molecule is [O-]NC=Nc1ccc(F)cc1N(O)O. The summed E-state index contributed by atoms with van der Waals surface area (Å²) in [7, 11) is 0. The maximum absolute atomic E-state index is 12.7. The second-order valence-electron chi connectivity index (χ2n) is 2.30. The first kappa shape index (κ1) is 10.4. The van der Waals surface area contributed by atoms with E-state index in [4.69, 9.17) is 10.4 Å². The zero-order valence-corrected chi connectivity index (χ0v) is 6.88. The van der Waals surface area contributed by atoms with Crippen molar-refractivity contribution in [3.8, 4) is 0 Å². The van der Waals surface area contributed by atoms with Gasteiger partial charge in [0.2, 0.25) is 0 Å². The third-order valence-electron chi connectivity index (χ3n) is 1.41. The first-order valence-corrected chi connectivity index (χ1v) is 3.53.